The third-order valence-electron chi connectivity index (χ3n) is 3.91. The molecule has 0 aromatic heterocycles. The second-order valence-electron chi connectivity index (χ2n) is 5.64. The minimum atomic E-state index is -0.509. The molecule has 1 aliphatic heterocycles. The Morgan fingerprint density at radius 3 is 2.19 bits per heavy atom. The van der Waals surface area contributed by atoms with Crippen LogP contribution in [0.2, 0.25) is 10.0 Å². The summed E-state index contributed by atoms with van der Waals surface area (Å²) in [6.45, 7) is -0.176. The Balaban J connectivity index is 2.03. The molecule has 0 atom stereocenters. The van der Waals surface area contributed by atoms with Crippen molar-refractivity contribution >= 4 is 64.2 Å². The third kappa shape index (κ3) is 4.13. The van der Waals surface area contributed by atoms with Crippen molar-refractivity contribution in [1.82, 2.24) is 4.90 Å². The summed E-state index contributed by atoms with van der Waals surface area (Å²) in [5.41, 5.74) is 1.57. The summed E-state index contributed by atoms with van der Waals surface area (Å²) in [7, 11) is 1.28. The monoisotopic (exact) mass is 420 g/mol. The predicted octanol–water partition coefficient (Wildman–Crippen LogP) is 4.14. The van der Waals surface area contributed by atoms with E-state index in [9.17, 15) is 9.59 Å². The Hall–Kier alpha value is -2.41. The van der Waals surface area contributed by atoms with Gasteiger partial charge in [-0.15, -0.1) is 0 Å². The number of amides is 1. The maximum absolute atomic E-state index is 13.1. The molecule has 1 fully saturated rings. The van der Waals surface area contributed by atoms with Crippen molar-refractivity contribution in [3.8, 4) is 0 Å². The summed E-state index contributed by atoms with van der Waals surface area (Å²) in [5, 5.41) is 1.31. The van der Waals surface area contributed by atoms with Gasteiger partial charge in [-0.25, -0.2) is 0 Å². The van der Waals surface area contributed by atoms with Crippen LogP contribution in [0.4, 0.5) is 5.69 Å². The lowest BCUT2D eigenvalue weighted by molar-refractivity contribution is -0.140. The van der Waals surface area contributed by atoms with Gasteiger partial charge in [0.1, 0.15) is 12.2 Å². The zero-order chi connectivity index (χ0) is 19.6. The predicted molar refractivity (Wildman–Crippen MR) is 110 cm³/mol. The molecule has 3 rings (SSSR count). The van der Waals surface area contributed by atoms with E-state index in [1.807, 2.05) is 0 Å². The van der Waals surface area contributed by atoms with Crippen LogP contribution in [0.5, 0.6) is 0 Å². The number of esters is 1. The van der Waals surface area contributed by atoms with Gasteiger partial charge in [-0.05, 0) is 60.3 Å². The van der Waals surface area contributed by atoms with Crippen LogP contribution in [0, 0.1) is 0 Å². The molecule has 0 unspecified atom stereocenters. The van der Waals surface area contributed by atoms with Crippen LogP contribution >= 0.6 is 35.4 Å². The summed E-state index contributed by atoms with van der Waals surface area (Å²) < 4.78 is 4.73. The maximum Gasteiger partial charge on any atom is 0.325 e. The molecule has 1 saturated heterocycles. The normalized spacial score (nSPS) is 15.6. The standard InChI is InChI=1S/C19H14Cl2N2O3S/c1-26-17(24)11-22-16(10-12-2-4-13(20)5-3-12)18(25)23(19(22)27)15-8-6-14(21)7-9-15/h2-10H,11H2,1H3. The lowest BCUT2D eigenvalue weighted by Crippen LogP contribution is -2.35. The van der Waals surface area contributed by atoms with E-state index >= 15 is 0 Å². The van der Waals surface area contributed by atoms with Crippen molar-refractivity contribution < 1.29 is 14.3 Å². The minimum absolute atomic E-state index is 0.176. The van der Waals surface area contributed by atoms with Gasteiger partial charge in [-0.2, -0.15) is 0 Å². The molecule has 0 bridgehead atoms. The average molecular weight is 421 g/mol. The Labute approximate surface area is 171 Å². The number of rotatable bonds is 4. The number of hydrogen-bond acceptors (Lipinski definition) is 4. The molecule has 1 amide bonds. The van der Waals surface area contributed by atoms with Gasteiger partial charge < -0.3 is 9.64 Å². The summed E-state index contributed by atoms with van der Waals surface area (Å²) >= 11 is 17.3. The van der Waals surface area contributed by atoms with Crippen molar-refractivity contribution in [3.63, 3.8) is 0 Å². The van der Waals surface area contributed by atoms with Crippen molar-refractivity contribution in [2.24, 2.45) is 0 Å². The Bertz CT molecular complexity index is 927. The highest BCUT2D eigenvalue weighted by Gasteiger charge is 2.40. The lowest BCUT2D eigenvalue weighted by Gasteiger charge is -2.19. The van der Waals surface area contributed by atoms with Gasteiger partial charge in [0, 0.05) is 10.0 Å². The van der Waals surface area contributed by atoms with Crippen LogP contribution in [0.15, 0.2) is 54.2 Å². The number of hydrogen-bond donors (Lipinski definition) is 0. The first kappa shape index (κ1) is 19.4. The molecular weight excluding hydrogens is 407 g/mol. The smallest absolute Gasteiger partial charge is 0.325 e. The van der Waals surface area contributed by atoms with Gasteiger partial charge in [0.15, 0.2) is 5.11 Å². The molecule has 2 aromatic carbocycles. The van der Waals surface area contributed by atoms with Crippen LogP contribution in [0.3, 0.4) is 0 Å². The summed E-state index contributed by atoms with van der Waals surface area (Å²) in [6, 6.07) is 13.7. The van der Waals surface area contributed by atoms with Crippen LogP contribution in [0.25, 0.3) is 6.08 Å². The van der Waals surface area contributed by atoms with Crippen LogP contribution in [-0.2, 0) is 14.3 Å². The Morgan fingerprint density at radius 2 is 1.63 bits per heavy atom. The number of ether oxygens (including phenoxy) is 1. The van der Waals surface area contributed by atoms with Gasteiger partial charge in [-0.3, -0.25) is 14.5 Å². The van der Waals surface area contributed by atoms with Gasteiger partial charge in [0.25, 0.3) is 5.91 Å². The van der Waals surface area contributed by atoms with Gasteiger partial charge in [0.2, 0.25) is 0 Å². The fourth-order valence-electron chi connectivity index (χ4n) is 2.56. The maximum atomic E-state index is 13.1. The number of thiocarbonyl (C=S) groups is 1. The molecule has 138 valence electrons. The Morgan fingerprint density at radius 1 is 1.07 bits per heavy atom. The fourth-order valence-corrected chi connectivity index (χ4v) is 3.16. The summed E-state index contributed by atoms with van der Waals surface area (Å²) in [6.07, 6.45) is 1.66. The zero-order valence-electron chi connectivity index (χ0n) is 14.2. The van der Waals surface area contributed by atoms with Gasteiger partial charge in [0.05, 0.1) is 12.8 Å². The summed E-state index contributed by atoms with van der Waals surface area (Å²) in [5.74, 6) is -0.855. The second kappa shape index (κ2) is 8.08. The number of halogens is 2. The zero-order valence-corrected chi connectivity index (χ0v) is 16.5. The highest BCUT2D eigenvalue weighted by molar-refractivity contribution is 7.80. The second-order valence-corrected chi connectivity index (χ2v) is 6.88. The fraction of sp³-hybridized carbons (Fsp3) is 0.105. The van der Waals surface area contributed by atoms with Crippen molar-refractivity contribution in [2.75, 3.05) is 18.6 Å². The van der Waals surface area contributed by atoms with E-state index in [1.54, 1.807) is 54.6 Å². The van der Waals surface area contributed by atoms with E-state index in [0.717, 1.165) is 5.56 Å². The molecule has 5 nitrogen and oxygen atoms in total. The van der Waals surface area contributed by atoms with Crippen LogP contribution in [0.1, 0.15) is 5.56 Å². The number of carbonyl (C=O) groups is 2. The highest BCUT2D eigenvalue weighted by Crippen LogP contribution is 2.30. The molecule has 8 heteroatoms. The first-order valence-electron chi connectivity index (χ1n) is 7.86. The number of nitrogens with zero attached hydrogens (tertiary/aromatic N) is 2. The molecule has 0 aliphatic carbocycles. The molecule has 0 spiro atoms. The molecule has 27 heavy (non-hydrogen) atoms. The Kier molecular flexibility index (Phi) is 5.79. The molecular formula is C19H14Cl2N2O3S. The van der Waals surface area contributed by atoms with Gasteiger partial charge in [-0.1, -0.05) is 35.3 Å². The molecule has 0 N–H and O–H groups in total. The SMILES string of the molecule is COC(=O)CN1C(=S)N(c2ccc(Cl)cc2)C(=O)C1=Cc1ccc(Cl)cc1. The number of carbonyl (C=O) groups excluding carboxylic acids is 2. The van der Waals surface area contributed by atoms with Crippen LogP contribution in [-0.4, -0.2) is 35.5 Å². The molecule has 0 radical (unpaired) electrons. The van der Waals surface area contributed by atoms with E-state index in [0.29, 0.717) is 15.7 Å². The first-order chi connectivity index (χ1) is 12.9. The number of benzene rings is 2. The van der Waals surface area contributed by atoms with E-state index in [2.05, 4.69) is 0 Å². The van der Waals surface area contributed by atoms with Crippen molar-refractivity contribution in [2.45, 2.75) is 0 Å². The molecule has 1 heterocycles. The quantitative estimate of drug-likeness (QED) is 0.422. The molecule has 1 aliphatic rings. The first-order valence-corrected chi connectivity index (χ1v) is 9.02. The van der Waals surface area contributed by atoms with Crippen molar-refractivity contribution in [3.05, 3.63) is 69.8 Å². The topological polar surface area (TPSA) is 49.9 Å². The molecule has 2 aromatic rings. The van der Waals surface area contributed by atoms with E-state index in [-0.39, 0.29) is 23.3 Å². The molecule has 0 saturated carbocycles. The van der Waals surface area contributed by atoms with E-state index in [4.69, 9.17) is 40.2 Å². The number of methoxy groups -OCH3 is 1. The lowest BCUT2D eigenvalue weighted by atomic mass is 10.2. The summed E-state index contributed by atoms with van der Waals surface area (Å²) in [4.78, 5) is 27.7. The van der Waals surface area contributed by atoms with E-state index < -0.39 is 5.97 Å². The number of anilines is 1. The van der Waals surface area contributed by atoms with Crippen molar-refractivity contribution in [1.29, 1.82) is 0 Å². The average Bonchev–Trinajstić information content (AvgIpc) is 2.88. The highest BCUT2D eigenvalue weighted by atomic mass is 35.5. The third-order valence-corrected chi connectivity index (χ3v) is 4.82. The van der Waals surface area contributed by atoms with E-state index in [1.165, 1.54) is 16.9 Å². The van der Waals surface area contributed by atoms with Gasteiger partial charge >= 0.3 is 5.97 Å². The largest absolute Gasteiger partial charge is 0.468 e. The minimum Gasteiger partial charge on any atom is -0.468 e. The van der Waals surface area contributed by atoms with Crippen LogP contribution < -0.4 is 4.90 Å².